The average molecular weight is 271 g/mol. The van der Waals surface area contributed by atoms with E-state index in [1.54, 1.807) is 0 Å². The topological polar surface area (TPSA) is 38.9 Å². The molecule has 0 fully saturated rings. The molecule has 0 aliphatic carbocycles. The van der Waals surface area contributed by atoms with E-state index in [-0.39, 0.29) is 21.7 Å². The SMILES string of the molecule is NCc1c(Cl)ncc(C(F)F)c1Br. The third kappa shape index (κ3) is 2.15. The molecule has 0 spiro atoms. The van der Waals surface area contributed by atoms with Crippen molar-refractivity contribution in [1.29, 1.82) is 0 Å². The summed E-state index contributed by atoms with van der Waals surface area (Å²) in [4.78, 5) is 3.61. The maximum absolute atomic E-state index is 12.3. The molecule has 0 bridgehead atoms. The summed E-state index contributed by atoms with van der Waals surface area (Å²) in [6, 6.07) is 0. The summed E-state index contributed by atoms with van der Waals surface area (Å²) in [7, 11) is 0. The van der Waals surface area contributed by atoms with Gasteiger partial charge in [-0.25, -0.2) is 13.8 Å². The minimum atomic E-state index is -2.58. The molecule has 0 saturated heterocycles. The summed E-state index contributed by atoms with van der Waals surface area (Å²) < 4.78 is 24.9. The molecular weight excluding hydrogens is 265 g/mol. The molecule has 1 heterocycles. The number of hydrogen-bond donors (Lipinski definition) is 1. The van der Waals surface area contributed by atoms with Crippen LogP contribution in [0.25, 0.3) is 0 Å². The Bertz CT molecular complexity index is 320. The molecule has 0 atom stereocenters. The number of nitrogens with zero attached hydrogens (tertiary/aromatic N) is 1. The standard InChI is InChI=1S/C7H6BrClF2N2/c8-5-3(1-12)6(9)13-2-4(5)7(10)11/h2,7H,1,12H2. The summed E-state index contributed by atoms with van der Waals surface area (Å²) in [6.45, 7) is 0.0764. The van der Waals surface area contributed by atoms with Gasteiger partial charge in [0.2, 0.25) is 0 Å². The molecule has 6 heteroatoms. The molecule has 0 radical (unpaired) electrons. The predicted molar refractivity (Wildman–Crippen MR) is 49.8 cm³/mol. The fourth-order valence-corrected chi connectivity index (χ4v) is 1.81. The van der Waals surface area contributed by atoms with Gasteiger partial charge in [-0.05, 0) is 15.9 Å². The summed E-state index contributed by atoms with van der Waals surface area (Å²) in [5, 5.41) is 0.152. The van der Waals surface area contributed by atoms with Gasteiger partial charge in [-0.2, -0.15) is 0 Å². The fourth-order valence-electron chi connectivity index (χ4n) is 0.852. The zero-order chi connectivity index (χ0) is 10.0. The van der Waals surface area contributed by atoms with E-state index in [0.29, 0.717) is 5.56 Å². The van der Waals surface area contributed by atoms with E-state index < -0.39 is 6.43 Å². The quantitative estimate of drug-likeness (QED) is 0.840. The number of nitrogens with two attached hydrogens (primary N) is 1. The highest BCUT2D eigenvalue weighted by molar-refractivity contribution is 9.10. The van der Waals surface area contributed by atoms with Gasteiger partial charge in [-0.1, -0.05) is 11.6 Å². The van der Waals surface area contributed by atoms with Crippen LogP contribution in [0.3, 0.4) is 0 Å². The van der Waals surface area contributed by atoms with Crippen molar-refractivity contribution in [3.05, 3.63) is 26.9 Å². The second kappa shape index (κ2) is 4.30. The number of halogens is 4. The van der Waals surface area contributed by atoms with E-state index in [1.165, 1.54) is 0 Å². The van der Waals surface area contributed by atoms with Crippen molar-refractivity contribution in [2.75, 3.05) is 0 Å². The molecule has 0 aliphatic rings. The Morgan fingerprint density at radius 3 is 2.69 bits per heavy atom. The van der Waals surface area contributed by atoms with Crippen LogP contribution >= 0.6 is 27.5 Å². The molecule has 1 aromatic rings. The highest BCUT2D eigenvalue weighted by Crippen LogP contribution is 2.32. The zero-order valence-corrected chi connectivity index (χ0v) is 8.74. The Hall–Kier alpha value is -0.260. The van der Waals surface area contributed by atoms with Crippen LogP contribution in [-0.2, 0) is 6.54 Å². The zero-order valence-electron chi connectivity index (χ0n) is 6.40. The molecule has 0 amide bonds. The van der Waals surface area contributed by atoms with Gasteiger partial charge in [0.15, 0.2) is 0 Å². The summed E-state index contributed by atoms with van der Waals surface area (Å²) in [5.41, 5.74) is 5.53. The Kier molecular flexibility index (Phi) is 3.58. The van der Waals surface area contributed by atoms with Crippen LogP contribution in [0.1, 0.15) is 17.6 Å². The number of rotatable bonds is 2. The van der Waals surface area contributed by atoms with Crippen LogP contribution in [0.15, 0.2) is 10.7 Å². The van der Waals surface area contributed by atoms with Gasteiger partial charge >= 0.3 is 0 Å². The lowest BCUT2D eigenvalue weighted by molar-refractivity contribution is 0.150. The predicted octanol–water partition coefficient (Wildman–Crippen LogP) is 2.89. The normalized spacial score (nSPS) is 10.9. The lowest BCUT2D eigenvalue weighted by Gasteiger charge is -2.08. The van der Waals surface area contributed by atoms with Crippen LogP contribution in [0.4, 0.5) is 8.78 Å². The van der Waals surface area contributed by atoms with Crippen molar-refractivity contribution < 1.29 is 8.78 Å². The fraction of sp³-hybridized carbons (Fsp3) is 0.286. The summed E-state index contributed by atoms with van der Waals surface area (Å²) in [5.74, 6) is 0. The van der Waals surface area contributed by atoms with E-state index >= 15 is 0 Å². The Morgan fingerprint density at radius 2 is 2.23 bits per heavy atom. The monoisotopic (exact) mass is 270 g/mol. The average Bonchev–Trinajstić information content (AvgIpc) is 2.04. The number of alkyl halides is 2. The summed E-state index contributed by atoms with van der Waals surface area (Å²) in [6.07, 6.45) is -1.54. The van der Waals surface area contributed by atoms with E-state index in [2.05, 4.69) is 20.9 Å². The van der Waals surface area contributed by atoms with Gasteiger partial charge in [0, 0.05) is 22.8 Å². The van der Waals surface area contributed by atoms with Crippen molar-refractivity contribution in [2.45, 2.75) is 13.0 Å². The lowest BCUT2D eigenvalue weighted by Crippen LogP contribution is -2.02. The molecule has 0 aromatic carbocycles. The van der Waals surface area contributed by atoms with Gasteiger partial charge in [0.1, 0.15) is 5.15 Å². The maximum atomic E-state index is 12.3. The second-order valence-electron chi connectivity index (χ2n) is 2.30. The first-order chi connectivity index (χ1) is 6.07. The van der Waals surface area contributed by atoms with E-state index in [0.717, 1.165) is 6.20 Å². The van der Waals surface area contributed by atoms with Crippen molar-refractivity contribution in [2.24, 2.45) is 5.73 Å². The first-order valence-electron chi connectivity index (χ1n) is 3.39. The van der Waals surface area contributed by atoms with Gasteiger partial charge < -0.3 is 5.73 Å². The van der Waals surface area contributed by atoms with Crippen LogP contribution < -0.4 is 5.73 Å². The molecule has 0 saturated carbocycles. The van der Waals surface area contributed by atoms with Crippen molar-refractivity contribution in [1.82, 2.24) is 4.98 Å². The minimum Gasteiger partial charge on any atom is -0.326 e. The lowest BCUT2D eigenvalue weighted by atomic mass is 10.2. The maximum Gasteiger partial charge on any atom is 0.266 e. The van der Waals surface area contributed by atoms with Gasteiger partial charge in [-0.15, -0.1) is 0 Å². The third-order valence-electron chi connectivity index (χ3n) is 1.52. The van der Waals surface area contributed by atoms with Crippen LogP contribution in [0.2, 0.25) is 5.15 Å². The molecule has 1 aromatic heterocycles. The van der Waals surface area contributed by atoms with Crippen LogP contribution in [0.5, 0.6) is 0 Å². The van der Waals surface area contributed by atoms with Crippen LogP contribution in [-0.4, -0.2) is 4.98 Å². The summed E-state index contributed by atoms with van der Waals surface area (Å²) >= 11 is 8.65. The van der Waals surface area contributed by atoms with E-state index in [9.17, 15) is 8.78 Å². The van der Waals surface area contributed by atoms with E-state index in [4.69, 9.17) is 17.3 Å². The van der Waals surface area contributed by atoms with Crippen LogP contribution in [0, 0.1) is 0 Å². The Balaban J connectivity index is 3.27. The molecular formula is C7H6BrClF2N2. The van der Waals surface area contributed by atoms with Gasteiger partial charge in [0.05, 0.1) is 5.56 Å². The first-order valence-corrected chi connectivity index (χ1v) is 4.56. The molecule has 1 rings (SSSR count). The smallest absolute Gasteiger partial charge is 0.266 e. The largest absolute Gasteiger partial charge is 0.326 e. The number of aromatic nitrogens is 1. The highest BCUT2D eigenvalue weighted by Gasteiger charge is 2.16. The second-order valence-corrected chi connectivity index (χ2v) is 3.45. The molecule has 2 N–H and O–H groups in total. The molecule has 72 valence electrons. The Labute approximate surface area is 87.2 Å². The van der Waals surface area contributed by atoms with E-state index in [1.807, 2.05) is 0 Å². The molecule has 13 heavy (non-hydrogen) atoms. The van der Waals surface area contributed by atoms with Crippen molar-refractivity contribution in [3.8, 4) is 0 Å². The van der Waals surface area contributed by atoms with Crippen molar-refractivity contribution in [3.63, 3.8) is 0 Å². The van der Waals surface area contributed by atoms with Gasteiger partial charge in [-0.3, -0.25) is 0 Å². The van der Waals surface area contributed by atoms with Gasteiger partial charge in [0.25, 0.3) is 6.43 Å². The Morgan fingerprint density at radius 1 is 1.62 bits per heavy atom. The molecule has 0 aliphatic heterocycles. The van der Waals surface area contributed by atoms with Crippen molar-refractivity contribution >= 4 is 27.5 Å². The number of pyridine rings is 1. The minimum absolute atomic E-state index is 0.0764. The number of hydrogen-bond acceptors (Lipinski definition) is 2. The molecule has 0 unspecified atom stereocenters. The third-order valence-corrected chi connectivity index (χ3v) is 2.79. The highest BCUT2D eigenvalue weighted by atomic mass is 79.9. The first kappa shape index (κ1) is 10.8. The molecule has 2 nitrogen and oxygen atoms in total.